The molecule has 138 valence electrons. The van der Waals surface area contributed by atoms with Crippen LogP contribution in [0, 0.1) is 0 Å². The van der Waals surface area contributed by atoms with E-state index in [1.54, 1.807) is 0 Å². The molecule has 1 aromatic carbocycles. The molecule has 0 aliphatic rings. The highest BCUT2D eigenvalue weighted by Crippen LogP contribution is 2.33. The van der Waals surface area contributed by atoms with Crippen molar-refractivity contribution in [2.45, 2.75) is 85.2 Å². The molecule has 0 amide bonds. The van der Waals surface area contributed by atoms with Gasteiger partial charge in [-0.05, 0) is 54.9 Å². The first-order valence-corrected chi connectivity index (χ1v) is 8.99. The first-order chi connectivity index (χ1) is 11.3. The summed E-state index contributed by atoms with van der Waals surface area (Å²) >= 11 is 0. The second-order valence-corrected chi connectivity index (χ2v) is 9.90. The Morgan fingerprint density at radius 3 is 1.76 bits per heavy atom. The fourth-order valence-corrected chi connectivity index (χ4v) is 2.40. The van der Waals surface area contributed by atoms with Crippen molar-refractivity contribution in [3.63, 3.8) is 0 Å². The van der Waals surface area contributed by atoms with Gasteiger partial charge < -0.3 is 9.73 Å². The van der Waals surface area contributed by atoms with Crippen LogP contribution in [-0.4, -0.2) is 15.7 Å². The Balaban J connectivity index is 2.40. The Morgan fingerprint density at radius 1 is 0.800 bits per heavy atom. The van der Waals surface area contributed by atoms with Crippen LogP contribution in [0.5, 0.6) is 0 Å². The highest BCUT2D eigenvalue weighted by atomic mass is 16.4. The van der Waals surface area contributed by atoms with Crippen LogP contribution in [-0.2, 0) is 17.4 Å². The molecule has 2 aromatic rings. The van der Waals surface area contributed by atoms with Gasteiger partial charge in [0.1, 0.15) is 0 Å². The molecule has 1 heterocycles. The minimum atomic E-state index is 0.0141. The number of hydrogen-bond acceptors (Lipinski definition) is 4. The van der Waals surface area contributed by atoms with Crippen molar-refractivity contribution in [2.75, 3.05) is 0 Å². The van der Waals surface area contributed by atoms with Crippen LogP contribution in [0.3, 0.4) is 0 Å². The number of nitrogens with zero attached hydrogens (tertiary/aromatic N) is 2. The standard InChI is InChI=1S/C21H33N3O/c1-19(2,3)15-10-14(11-16(12-15)20(4,5)6)18-24-23-17(25-18)13-22-21(7,8)9/h10-12,22H,13H2,1-9H3. The summed E-state index contributed by atoms with van der Waals surface area (Å²) in [6.07, 6.45) is 0. The predicted octanol–water partition coefficient (Wildman–Crippen LogP) is 5.22. The Morgan fingerprint density at radius 2 is 1.32 bits per heavy atom. The van der Waals surface area contributed by atoms with Crippen molar-refractivity contribution in [3.8, 4) is 11.5 Å². The van der Waals surface area contributed by atoms with Crippen molar-refractivity contribution in [2.24, 2.45) is 0 Å². The molecule has 0 unspecified atom stereocenters. The molecule has 1 aromatic heterocycles. The summed E-state index contributed by atoms with van der Waals surface area (Å²) in [7, 11) is 0. The molecular formula is C21H33N3O. The third kappa shape index (κ3) is 5.40. The van der Waals surface area contributed by atoms with Gasteiger partial charge in [-0.3, -0.25) is 0 Å². The molecule has 0 fully saturated rings. The smallest absolute Gasteiger partial charge is 0.247 e. The first kappa shape index (κ1) is 19.6. The van der Waals surface area contributed by atoms with Crippen molar-refractivity contribution < 1.29 is 4.42 Å². The molecule has 0 saturated heterocycles. The average molecular weight is 344 g/mol. The quantitative estimate of drug-likeness (QED) is 0.830. The molecule has 0 bridgehead atoms. The summed E-state index contributed by atoms with van der Waals surface area (Å²) in [6, 6.07) is 6.63. The molecule has 0 spiro atoms. The van der Waals surface area contributed by atoms with E-state index in [4.69, 9.17) is 4.42 Å². The van der Waals surface area contributed by atoms with Crippen LogP contribution in [0.15, 0.2) is 22.6 Å². The molecule has 0 atom stereocenters. The Bertz CT molecular complexity index is 693. The lowest BCUT2D eigenvalue weighted by Crippen LogP contribution is -2.35. The van der Waals surface area contributed by atoms with Gasteiger partial charge in [-0.2, -0.15) is 0 Å². The molecule has 4 heteroatoms. The van der Waals surface area contributed by atoms with Gasteiger partial charge in [-0.1, -0.05) is 47.6 Å². The van der Waals surface area contributed by atoms with Crippen LogP contribution in [0.4, 0.5) is 0 Å². The van der Waals surface area contributed by atoms with E-state index < -0.39 is 0 Å². The summed E-state index contributed by atoms with van der Waals surface area (Å²) < 4.78 is 5.92. The fourth-order valence-electron chi connectivity index (χ4n) is 2.40. The summed E-state index contributed by atoms with van der Waals surface area (Å²) in [5, 5.41) is 11.9. The average Bonchev–Trinajstić information content (AvgIpc) is 2.91. The number of benzene rings is 1. The normalized spacial score (nSPS) is 13.3. The molecule has 0 aliphatic heterocycles. The van der Waals surface area contributed by atoms with Gasteiger partial charge in [-0.25, -0.2) is 0 Å². The van der Waals surface area contributed by atoms with Gasteiger partial charge in [0.05, 0.1) is 6.54 Å². The van der Waals surface area contributed by atoms with Gasteiger partial charge in [-0.15, -0.1) is 10.2 Å². The molecule has 2 rings (SSSR count). The maximum absolute atomic E-state index is 5.92. The summed E-state index contributed by atoms with van der Waals surface area (Å²) in [6.45, 7) is 20.3. The van der Waals surface area contributed by atoms with Crippen LogP contribution >= 0.6 is 0 Å². The van der Waals surface area contributed by atoms with Crippen molar-refractivity contribution >= 4 is 0 Å². The Hall–Kier alpha value is -1.68. The van der Waals surface area contributed by atoms with E-state index in [2.05, 4.69) is 96.0 Å². The lowest BCUT2D eigenvalue weighted by molar-refractivity contribution is 0.383. The summed E-state index contributed by atoms with van der Waals surface area (Å²) in [5.74, 6) is 1.20. The Labute approximate surface area is 152 Å². The van der Waals surface area contributed by atoms with Crippen LogP contribution in [0.1, 0.15) is 79.3 Å². The van der Waals surface area contributed by atoms with E-state index in [1.165, 1.54) is 11.1 Å². The zero-order chi connectivity index (χ0) is 19.0. The topological polar surface area (TPSA) is 51.0 Å². The van der Waals surface area contributed by atoms with E-state index in [1.807, 2.05) is 0 Å². The number of rotatable bonds is 3. The van der Waals surface area contributed by atoms with Crippen molar-refractivity contribution in [1.82, 2.24) is 15.5 Å². The molecule has 4 nitrogen and oxygen atoms in total. The third-order valence-corrected chi connectivity index (χ3v) is 4.15. The lowest BCUT2D eigenvalue weighted by Gasteiger charge is -2.25. The number of aromatic nitrogens is 2. The lowest BCUT2D eigenvalue weighted by atomic mass is 9.79. The molecule has 0 radical (unpaired) electrons. The van der Waals surface area contributed by atoms with Gasteiger partial charge in [0.25, 0.3) is 0 Å². The minimum absolute atomic E-state index is 0.0141. The minimum Gasteiger partial charge on any atom is -0.419 e. The number of nitrogens with one attached hydrogen (secondary N) is 1. The second-order valence-electron chi connectivity index (χ2n) is 9.90. The Kier molecular flexibility index (Phi) is 5.16. The molecular weight excluding hydrogens is 310 g/mol. The summed E-state index contributed by atoms with van der Waals surface area (Å²) in [5.41, 5.74) is 3.69. The van der Waals surface area contributed by atoms with E-state index in [0.29, 0.717) is 18.3 Å². The highest BCUT2D eigenvalue weighted by Gasteiger charge is 2.22. The van der Waals surface area contributed by atoms with E-state index >= 15 is 0 Å². The zero-order valence-electron chi connectivity index (χ0n) is 17.2. The molecule has 0 saturated carbocycles. The predicted molar refractivity (Wildman–Crippen MR) is 104 cm³/mol. The summed E-state index contributed by atoms with van der Waals surface area (Å²) in [4.78, 5) is 0. The fraction of sp³-hybridized carbons (Fsp3) is 0.619. The molecule has 0 aliphatic carbocycles. The van der Waals surface area contributed by atoms with Gasteiger partial charge >= 0.3 is 0 Å². The van der Waals surface area contributed by atoms with Crippen molar-refractivity contribution in [1.29, 1.82) is 0 Å². The third-order valence-electron chi connectivity index (χ3n) is 4.15. The van der Waals surface area contributed by atoms with E-state index in [-0.39, 0.29) is 16.4 Å². The van der Waals surface area contributed by atoms with Crippen LogP contribution in [0.25, 0.3) is 11.5 Å². The van der Waals surface area contributed by atoms with Gasteiger partial charge in [0, 0.05) is 11.1 Å². The van der Waals surface area contributed by atoms with Gasteiger partial charge in [0.15, 0.2) is 0 Å². The van der Waals surface area contributed by atoms with Crippen molar-refractivity contribution in [3.05, 3.63) is 35.2 Å². The number of hydrogen-bond donors (Lipinski definition) is 1. The largest absolute Gasteiger partial charge is 0.419 e. The zero-order valence-corrected chi connectivity index (χ0v) is 17.2. The molecule has 25 heavy (non-hydrogen) atoms. The maximum atomic E-state index is 5.92. The van der Waals surface area contributed by atoms with E-state index in [0.717, 1.165) is 5.56 Å². The van der Waals surface area contributed by atoms with Gasteiger partial charge in [0.2, 0.25) is 11.8 Å². The van der Waals surface area contributed by atoms with Crippen LogP contribution in [0.2, 0.25) is 0 Å². The molecule has 1 N–H and O–H groups in total. The maximum Gasteiger partial charge on any atom is 0.247 e. The highest BCUT2D eigenvalue weighted by molar-refractivity contribution is 5.57. The van der Waals surface area contributed by atoms with Crippen LogP contribution < -0.4 is 5.32 Å². The monoisotopic (exact) mass is 343 g/mol. The SMILES string of the molecule is CC(C)(C)NCc1nnc(-c2cc(C(C)(C)C)cc(C(C)(C)C)c2)o1. The first-order valence-electron chi connectivity index (χ1n) is 8.99. The second kappa shape index (κ2) is 6.56. The van der Waals surface area contributed by atoms with E-state index in [9.17, 15) is 0 Å².